The van der Waals surface area contributed by atoms with Crippen molar-refractivity contribution in [2.24, 2.45) is 0 Å². The van der Waals surface area contributed by atoms with Crippen LogP contribution in [0.3, 0.4) is 0 Å². The van der Waals surface area contributed by atoms with Crippen molar-refractivity contribution in [3.8, 4) is 11.8 Å². The van der Waals surface area contributed by atoms with Crippen molar-refractivity contribution >= 4 is 0 Å². The van der Waals surface area contributed by atoms with Crippen LogP contribution in [0.15, 0.2) is 24.3 Å². The summed E-state index contributed by atoms with van der Waals surface area (Å²) in [7, 11) is 0. The van der Waals surface area contributed by atoms with Gasteiger partial charge in [0.2, 0.25) is 0 Å². The Bertz CT molecular complexity index is 419. The summed E-state index contributed by atoms with van der Waals surface area (Å²) < 4.78 is 11.1. The lowest BCUT2D eigenvalue weighted by atomic mass is 10.1. The van der Waals surface area contributed by atoms with E-state index in [2.05, 4.69) is 11.8 Å². The van der Waals surface area contributed by atoms with Crippen LogP contribution in [0.1, 0.15) is 24.5 Å². The summed E-state index contributed by atoms with van der Waals surface area (Å²) in [4.78, 5) is 0. The zero-order chi connectivity index (χ0) is 12.1. The van der Waals surface area contributed by atoms with Crippen molar-refractivity contribution in [2.75, 3.05) is 19.8 Å². The van der Waals surface area contributed by atoms with Gasteiger partial charge in [-0.25, -0.2) is 0 Å². The maximum Gasteiger partial charge on any atom is 0.192 e. The van der Waals surface area contributed by atoms with E-state index in [0.717, 1.165) is 11.1 Å². The van der Waals surface area contributed by atoms with Crippen LogP contribution in [0.25, 0.3) is 0 Å². The fourth-order valence-electron chi connectivity index (χ4n) is 1.76. The normalized spacial score (nSPS) is 17.5. The molecular weight excluding hydrogens is 216 g/mol. The van der Waals surface area contributed by atoms with Crippen LogP contribution in [-0.2, 0) is 15.3 Å². The minimum Gasteiger partial charge on any atom is -0.395 e. The smallest absolute Gasteiger partial charge is 0.192 e. The Balaban J connectivity index is 2.11. The third-order valence-electron chi connectivity index (χ3n) is 2.72. The largest absolute Gasteiger partial charge is 0.395 e. The lowest BCUT2D eigenvalue weighted by Crippen LogP contribution is -2.22. The maximum absolute atomic E-state index is 8.63. The van der Waals surface area contributed by atoms with Crippen molar-refractivity contribution in [2.45, 2.75) is 19.1 Å². The quantitative estimate of drug-likeness (QED) is 0.788. The van der Waals surface area contributed by atoms with Crippen LogP contribution >= 0.6 is 0 Å². The molecule has 3 nitrogen and oxygen atoms in total. The van der Waals surface area contributed by atoms with Gasteiger partial charge in [0.1, 0.15) is 0 Å². The molecule has 2 rings (SSSR count). The second kappa shape index (κ2) is 5.33. The highest BCUT2D eigenvalue weighted by Crippen LogP contribution is 2.30. The topological polar surface area (TPSA) is 38.7 Å². The molecule has 0 spiro atoms. The van der Waals surface area contributed by atoms with E-state index in [9.17, 15) is 0 Å². The van der Waals surface area contributed by atoms with Gasteiger partial charge in [0.15, 0.2) is 5.79 Å². The third-order valence-corrected chi connectivity index (χ3v) is 2.72. The Morgan fingerprint density at radius 1 is 1.24 bits per heavy atom. The first kappa shape index (κ1) is 12.1. The monoisotopic (exact) mass is 232 g/mol. The standard InChI is InChI=1S/C14H16O3/c1-14(16-10-11-17-14)13-7-5-12(6-8-13)4-2-3-9-15/h5-8,15H,3,9-11H2,1H3. The second-order valence-corrected chi connectivity index (χ2v) is 4.00. The summed E-state index contributed by atoms with van der Waals surface area (Å²) in [5.41, 5.74) is 1.94. The van der Waals surface area contributed by atoms with Crippen LogP contribution in [0.4, 0.5) is 0 Å². The van der Waals surface area contributed by atoms with Crippen molar-refractivity contribution in [1.82, 2.24) is 0 Å². The van der Waals surface area contributed by atoms with Crippen molar-refractivity contribution in [1.29, 1.82) is 0 Å². The van der Waals surface area contributed by atoms with Gasteiger partial charge in [0.05, 0.1) is 19.8 Å². The van der Waals surface area contributed by atoms with Crippen LogP contribution < -0.4 is 0 Å². The number of benzene rings is 1. The average molecular weight is 232 g/mol. The Labute approximate surface area is 101 Å². The number of aliphatic hydroxyl groups is 1. The molecule has 1 aromatic rings. The first-order valence-corrected chi connectivity index (χ1v) is 5.73. The van der Waals surface area contributed by atoms with E-state index < -0.39 is 5.79 Å². The summed E-state index contributed by atoms with van der Waals surface area (Å²) >= 11 is 0. The van der Waals surface area contributed by atoms with E-state index in [4.69, 9.17) is 14.6 Å². The van der Waals surface area contributed by atoms with Crippen LogP contribution in [0.2, 0.25) is 0 Å². The van der Waals surface area contributed by atoms with E-state index in [1.54, 1.807) is 0 Å². The number of rotatable bonds is 2. The highest BCUT2D eigenvalue weighted by atomic mass is 16.7. The molecule has 1 heterocycles. The zero-order valence-corrected chi connectivity index (χ0v) is 9.90. The molecule has 1 aromatic carbocycles. The van der Waals surface area contributed by atoms with Crippen molar-refractivity contribution in [3.63, 3.8) is 0 Å². The first-order chi connectivity index (χ1) is 8.24. The molecule has 0 aromatic heterocycles. The summed E-state index contributed by atoms with van der Waals surface area (Å²) in [5, 5.41) is 8.63. The SMILES string of the molecule is CC1(c2ccc(C#CCCO)cc2)OCCO1. The molecule has 0 saturated carbocycles. The highest BCUT2D eigenvalue weighted by molar-refractivity contribution is 5.37. The Morgan fingerprint density at radius 3 is 2.47 bits per heavy atom. The van der Waals surface area contributed by atoms with Gasteiger partial charge < -0.3 is 14.6 Å². The molecule has 0 radical (unpaired) electrons. The van der Waals surface area contributed by atoms with E-state index in [-0.39, 0.29) is 6.61 Å². The van der Waals surface area contributed by atoms with Gasteiger partial charge in [-0.2, -0.15) is 0 Å². The van der Waals surface area contributed by atoms with Gasteiger partial charge in [-0.15, -0.1) is 0 Å². The number of ether oxygens (including phenoxy) is 2. The molecular formula is C14H16O3. The fraction of sp³-hybridized carbons (Fsp3) is 0.429. The van der Waals surface area contributed by atoms with Crippen LogP contribution in [-0.4, -0.2) is 24.9 Å². The number of hydrogen-bond donors (Lipinski definition) is 1. The maximum atomic E-state index is 8.63. The van der Waals surface area contributed by atoms with Crippen molar-refractivity contribution in [3.05, 3.63) is 35.4 Å². The van der Waals surface area contributed by atoms with Gasteiger partial charge in [0.25, 0.3) is 0 Å². The molecule has 1 aliphatic heterocycles. The lowest BCUT2D eigenvalue weighted by Gasteiger charge is -2.22. The Morgan fingerprint density at radius 2 is 1.88 bits per heavy atom. The molecule has 3 heteroatoms. The molecule has 0 aliphatic carbocycles. The molecule has 1 saturated heterocycles. The van der Waals surface area contributed by atoms with Gasteiger partial charge >= 0.3 is 0 Å². The van der Waals surface area contributed by atoms with Gasteiger partial charge in [-0.1, -0.05) is 24.0 Å². The fourth-order valence-corrected chi connectivity index (χ4v) is 1.76. The number of hydrogen-bond acceptors (Lipinski definition) is 3. The zero-order valence-electron chi connectivity index (χ0n) is 9.90. The van der Waals surface area contributed by atoms with E-state index in [1.165, 1.54) is 0 Å². The second-order valence-electron chi connectivity index (χ2n) is 4.00. The molecule has 0 bridgehead atoms. The summed E-state index contributed by atoms with van der Waals surface area (Å²) in [6.45, 7) is 3.29. The van der Waals surface area contributed by atoms with E-state index in [0.29, 0.717) is 19.6 Å². The van der Waals surface area contributed by atoms with Gasteiger partial charge in [-0.05, 0) is 19.1 Å². The average Bonchev–Trinajstić information content (AvgIpc) is 2.79. The minimum absolute atomic E-state index is 0.102. The predicted octanol–water partition coefficient (Wildman–Crippen LogP) is 1.64. The third kappa shape index (κ3) is 2.86. The highest BCUT2D eigenvalue weighted by Gasteiger charge is 2.32. The molecule has 1 aliphatic rings. The Hall–Kier alpha value is -1.34. The number of aliphatic hydroxyl groups excluding tert-OH is 1. The molecule has 0 amide bonds. The van der Waals surface area contributed by atoms with E-state index in [1.807, 2.05) is 31.2 Å². The summed E-state index contributed by atoms with van der Waals surface area (Å²) in [5.74, 6) is 5.26. The molecule has 1 fully saturated rings. The molecule has 0 unspecified atom stereocenters. The minimum atomic E-state index is -0.614. The molecule has 17 heavy (non-hydrogen) atoms. The predicted molar refractivity (Wildman–Crippen MR) is 64.3 cm³/mol. The summed E-state index contributed by atoms with van der Waals surface area (Å²) in [6.07, 6.45) is 0.506. The van der Waals surface area contributed by atoms with Crippen molar-refractivity contribution < 1.29 is 14.6 Å². The summed E-state index contributed by atoms with van der Waals surface area (Å²) in [6, 6.07) is 7.81. The molecule has 1 N–H and O–H groups in total. The van der Waals surface area contributed by atoms with Gasteiger partial charge in [0, 0.05) is 17.5 Å². The first-order valence-electron chi connectivity index (χ1n) is 5.73. The molecule has 90 valence electrons. The Kier molecular flexibility index (Phi) is 3.80. The van der Waals surface area contributed by atoms with E-state index >= 15 is 0 Å². The van der Waals surface area contributed by atoms with Crippen LogP contribution in [0, 0.1) is 11.8 Å². The lowest BCUT2D eigenvalue weighted by molar-refractivity contribution is -0.149. The molecule has 0 atom stereocenters. The van der Waals surface area contributed by atoms with Crippen LogP contribution in [0.5, 0.6) is 0 Å². The van der Waals surface area contributed by atoms with Gasteiger partial charge in [-0.3, -0.25) is 0 Å².